The summed E-state index contributed by atoms with van der Waals surface area (Å²) in [5, 5.41) is 11.8. The van der Waals surface area contributed by atoms with Crippen molar-refractivity contribution in [1.29, 1.82) is 0 Å². The minimum Gasteiger partial charge on any atom is -0.390 e. The smallest absolute Gasteiger partial charge is 0.221 e. The largest absolute Gasteiger partial charge is 0.390 e. The highest BCUT2D eigenvalue weighted by molar-refractivity contribution is 5.75. The topological polar surface area (TPSA) is 67.2 Å². The number of hydrogen-bond donors (Lipinski definition) is 2. The summed E-state index contributed by atoms with van der Waals surface area (Å²) >= 11 is 0. The van der Waals surface area contributed by atoms with Crippen molar-refractivity contribution in [3.63, 3.8) is 0 Å². The van der Waals surface area contributed by atoms with Crippen LogP contribution in [0.1, 0.15) is 26.0 Å². The molecule has 0 spiro atoms. The zero-order chi connectivity index (χ0) is 12.0. The summed E-state index contributed by atoms with van der Waals surface area (Å²) < 4.78 is 1.79. The van der Waals surface area contributed by atoms with Gasteiger partial charge < -0.3 is 15.0 Å². The van der Waals surface area contributed by atoms with Gasteiger partial charge in [-0.1, -0.05) is 13.8 Å². The van der Waals surface area contributed by atoms with Gasteiger partial charge in [-0.2, -0.15) is 0 Å². The minimum atomic E-state index is -0.0480. The van der Waals surface area contributed by atoms with Crippen LogP contribution in [0.5, 0.6) is 0 Å². The first-order valence-electron chi connectivity index (χ1n) is 5.50. The Morgan fingerprint density at radius 3 is 3.00 bits per heavy atom. The molecular weight excluding hydrogens is 206 g/mol. The number of aromatic nitrogens is 2. The summed E-state index contributed by atoms with van der Waals surface area (Å²) in [5.74, 6) is 0.497. The summed E-state index contributed by atoms with van der Waals surface area (Å²) in [6, 6.07) is 0. The lowest BCUT2D eigenvalue weighted by Crippen LogP contribution is -2.28. The Morgan fingerprint density at radius 1 is 1.62 bits per heavy atom. The third-order valence-electron chi connectivity index (χ3n) is 2.25. The lowest BCUT2D eigenvalue weighted by Gasteiger charge is -2.09. The van der Waals surface area contributed by atoms with Crippen LogP contribution in [0.15, 0.2) is 12.5 Å². The van der Waals surface area contributed by atoms with Gasteiger partial charge in [0, 0.05) is 19.5 Å². The minimum absolute atomic E-state index is 0.0336. The molecule has 2 N–H and O–H groups in total. The molecule has 0 aliphatic rings. The standard InChI is InChI=1S/C11H19N3O2/c1-9(2)5-13-11(16)3-4-14-8-12-6-10(14)7-15/h6,8-9,15H,3-5,7H2,1-2H3,(H,13,16). The van der Waals surface area contributed by atoms with Gasteiger partial charge in [-0.25, -0.2) is 4.98 Å². The van der Waals surface area contributed by atoms with Crippen molar-refractivity contribution in [2.45, 2.75) is 33.4 Å². The maximum absolute atomic E-state index is 11.4. The van der Waals surface area contributed by atoms with E-state index in [1.807, 2.05) is 0 Å². The molecule has 1 rings (SSSR count). The van der Waals surface area contributed by atoms with Crippen LogP contribution in [0.3, 0.4) is 0 Å². The zero-order valence-electron chi connectivity index (χ0n) is 9.81. The van der Waals surface area contributed by atoms with E-state index in [1.54, 1.807) is 17.1 Å². The van der Waals surface area contributed by atoms with Crippen LogP contribution in [0.2, 0.25) is 0 Å². The monoisotopic (exact) mass is 225 g/mol. The Balaban J connectivity index is 2.31. The van der Waals surface area contributed by atoms with E-state index in [1.165, 1.54) is 0 Å². The van der Waals surface area contributed by atoms with E-state index in [0.717, 1.165) is 5.69 Å². The lowest BCUT2D eigenvalue weighted by molar-refractivity contribution is -0.121. The van der Waals surface area contributed by atoms with Crippen LogP contribution in [0.25, 0.3) is 0 Å². The van der Waals surface area contributed by atoms with Crippen molar-refractivity contribution in [1.82, 2.24) is 14.9 Å². The van der Waals surface area contributed by atoms with E-state index >= 15 is 0 Å². The van der Waals surface area contributed by atoms with Gasteiger partial charge >= 0.3 is 0 Å². The number of imidazole rings is 1. The summed E-state index contributed by atoms with van der Waals surface area (Å²) in [5.41, 5.74) is 0.733. The third-order valence-corrected chi connectivity index (χ3v) is 2.25. The number of aliphatic hydroxyl groups excluding tert-OH is 1. The zero-order valence-corrected chi connectivity index (χ0v) is 9.81. The lowest BCUT2D eigenvalue weighted by atomic mass is 10.2. The molecule has 0 aliphatic carbocycles. The molecule has 90 valence electrons. The Hall–Kier alpha value is -1.36. The molecule has 0 fully saturated rings. The number of nitrogens with one attached hydrogen (secondary N) is 1. The van der Waals surface area contributed by atoms with Gasteiger partial charge in [-0.3, -0.25) is 4.79 Å². The van der Waals surface area contributed by atoms with E-state index in [4.69, 9.17) is 5.11 Å². The highest BCUT2D eigenvalue weighted by Crippen LogP contribution is 2.00. The number of rotatable bonds is 6. The Bertz CT molecular complexity index is 334. The number of aryl methyl sites for hydroxylation is 1. The maximum atomic E-state index is 11.4. The summed E-state index contributed by atoms with van der Waals surface area (Å²) in [6.07, 6.45) is 3.64. The van der Waals surface area contributed by atoms with Crippen LogP contribution in [-0.2, 0) is 17.9 Å². The van der Waals surface area contributed by atoms with E-state index in [0.29, 0.717) is 25.4 Å². The fourth-order valence-corrected chi connectivity index (χ4v) is 1.31. The fourth-order valence-electron chi connectivity index (χ4n) is 1.31. The predicted molar refractivity (Wildman–Crippen MR) is 60.6 cm³/mol. The number of carbonyl (C=O) groups excluding carboxylic acids is 1. The fraction of sp³-hybridized carbons (Fsp3) is 0.636. The van der Waals surface area contributed by atoms with Gasteiger partial charge in [-0.15, -0.1) is 0 Å². The molecule has 0 saturated carbocycles. The van der Waals surface area contributed by atoms with Crippen LogP contribution in [0.4, 0.5) is 0 Å². The number of nitrogens with zero attached hydrogens (tertiary/aromatic N) is 2. The molecule has 1 aromatic rings. The molecular formula is C11H19N3O2. The van der Waals surface area contributed by atoms with E-state index < -0.39 is 0 Å². The first kappa shape index (κ1) is 12.7. The molecule has 5 heteroatoms. The molecule has 0 radical (unpaired) electrons. The average Bonchev–Trinajstić information content (AvgIpc) is 2.70. The first-order chi connectivity index (χ1) is 7.63. The van der Waals surface area contributed by atoms with Crippen LogP contribution >= 0.6 is 0 Å². The van der Waals surface area contributed by atoms with Gasteiger partial charge in [-0.05, 0) is 5.92 Å². The van der Waals surface area contributed by atoms with Gasteiger partial charge in [0.15, 0.2) is 0 Å². The second-order valence-electron chi connectivity index (χ2n) is 4.18. The van der Waals surface area contributed by atoms with Crippen molar-refractivity contribution in [3.05, 3.63) is 18.2 Å². The van der Waals surface area contributed by atoms with Crippen molar-refractivity contribution in [3.8, 4) is 0 Å². The van der Waals surface area contributed by atoms with E-state index in [2.05, 4.69) is 24.1 Å². The SMILES string of the molecule is CC(C)CNC(=O)CCn1cncc1CO. The van der Waals surface area contributed by atoms with E-state index in [9.17, 15) is 4.79 Å². The molecule has 1 heterocycles. The highest BCUT2D eigenvalue weighted by Gasteiger charge is 2.05. The number of aliphatic hydroxyl groups is 1. The molecule has 1 aromatic heterocycles. The molecule has 1 amide bonds. The predicted octanol–water partition coefficient (Wildman–Crippen LogP) is 0.538. The first-order valence-corrected chi connectivity index (χ1v) is 5.50. The van der Waals surface area contributed by atoms with Crippen molar-refractivity contribution in [2.75, 3.05) is 6.54 Å². The Morgan fingerprint density at radius 2 is 2.38 bits per heavy atom. The summed E-state index contributed by atoms with van der Waals surface area (Å²) in [6.45, 7) is 5.32. The van der Waals surface area contributed by atoms with Gasteiger partial charge in [0.25, 0.3) is 0 Å². The van der Waals surface area contributed by atoms with Crippen LogP contribution in [-0.4, -0.2) is 27.1 Å². The number of amides is 1. The number of carbonyl (C=O) groups is 1. The molecule has 0 atom stereocenters. The Kier molecular flexibility index (Phi) is 4.98. The highest BCUT2D eigenvalue weighted by atomic mass is 16.3. The summed E-state index contributed by atoms with van der Waals surface area (Å²) in [7, 11) is 0. The Labute approximate surface area is 95.5 Å². The van der Waals surface area contributed by atoms with Gasteiger partial charge in [0.05, 0.1) is 24.8 Å². The van der Waals surface area contributed by atoms with Crippen molar-refractivity contribution in [2.24, 2.45) is 5.92 Å². The van der Waals surface area contributed by atoms with Crippen molar-refractivity contribution >= 4 is 5.91 Å². The quantitative estimate of drug-likeness (QED) is 0.742. The van der Waals surface area contributed by atoms with E-state index in [-0.39, 0.29) is 12.5 Å². The second kappa shape index (κ2) is 6.27. The van der Waals surface area contributed by atoms with Crippen molar-refractivity contribution < 1.29 is 9.90 Å². The molecule has 0 unspecified atom stereocenters. The maximum Gasteiger partial charge on any atom is 0.221 e. The summed E-state index contributed by atoms with van der Waals surface area (Å²) in [4.78, 5) is 15.4. The molecule has 5 nitrogen and oxygen atoms in total. The van der Waals surface area contributed by atoms with Gasteiger partial charge in [0.1, 0.15) is 0 Å². The van der Waals surface area contributed by atoms with Crippen LogP contribution < -0.4 is 5.32 Å². The molecule has 16 heavy (non-hydrogen) atoms. The number of hydrogen-bond acceptors (Lipinski definition) is 3. The molecule has 0 bridgehead atoms. The molecule has 0 aromatic carbocycles. The normalized spacial score (nSPS) is 10.8. The molecule has 0 aliphatic heterocycles. The average molecular weight is 225 g/mol. The second-order valence-corrected chi connectivity index (χ2v) is 4.18. The van der Waals surface area contributed by atoms with Gasteiger partial charge in [0.2, 0.25) is 5.91 Å². The van der Waals surface area contributed by atoms with Crippen LogP contribution in [0, 0.1) is 5.92 Å². The third kappa shape index (κ3) is 4.02. The molecule has 0 saturated heterocycles.